The smallest absolute Gasteiger partial charge is 0.247 e. The number of rotatable bonds is 6. The standard InChI is InChI=1S/C18H20FN3O4S2/c1-3-28(25,26)21-16-10-6-13(7-11-16)17-12-18(22(20-17)27(2,23)24)14-4-8-15(19)9-5-14/h4-11,18,21H,3,12H2,1-2H3. The van der Waals surface area contributed by atoms with E-state index in [2.05, 4.69) is 9.82 Å². The molecular weight excluding hydrogens is 405 g/mol. The van der Waals surface area contributed by atoms with Crippen LogP contribution in [0.15, 0.2) is 53.6 Å². The topological polar surface area (TPSA) is 95.9 Å². The van der Waals surface area contributed by atoms with E-state index in [4.69, 9.17) is 0 Å². The van der Waals surface area contributed by atoms with Crippen molar-refractivity contribution in [3.05, 3.63) is 65.5 Å². The maximum absolute atomic E-state index is 13.2. The minimum absolute atomic E-state index is 0.0376. The van der Waals surface area contributed by atoms with E-state index in [1.165, 1.54) is 12.1 Å². The predicted octanol–water partition coefficient (Wildman–Crippen LogP) is 2.70. The monoisotopic (exact) mass is 425 g/mol. The molecule has 1 atom stereocenters. The third kappa shape index (κ3) is 4.50. The minimum Gasteiger partial charge on any atom is -0.284 e. The summed E-state index contributed by atoms with van der Waals surface area (Å²) in [7, 11) is -7.01. The highest BCUT2D eigenvalue weighted by Crippen LogP contribution is 2.34. The minimum atomic E-state index is -3.63. The van der Waals surface area contributed by atoms with E-state index in [0.29, 0.717) is 28.9 Å². The van der Waals surface area contributed by atoms with Crippen LogP contribution < -0.4 is 4.72 Å². The van der Waals surface area contributed by atoms with Crippen molar-refractivity contribution < 1.29 is 21.2 Å². The second-order valence-electron chi connectivity index (χ2n) is 6.44. The van der Waals surface area contributed by atoms with Crippen LogP contribution >= 0.6 is 0 Å². The Hall–Kier alpha value is -2.46. The molecule has 28 heavy (non-hydrogen) atoms. The van der Waals surface area contributed by atoms with Crippen molar-refractivity contribution in [2.45, 2.75) is 19.4 Å². The molecule has 1 aliphatic heterocycles. The van der Waals surface area contributed by atoms with Gasteiger partial charge in [0.05, 0.1) is 23.8 Å². The van der Waals surface area contributed by atoms with Crippen molar-refractivity contribution in [1.82, 2.24) is 4.41 Å². The van der Waals surface area contributed by atoms with Crippen LogP contribution in [-0.4, -0.2) is 39.0 Å². The van der Waals surface area contributed by atoms with Crippen LogP contribution in [0.5, 0.6) is 0 Å². The molecule has 0 spiro atoms. The van der Waals surface area contributed by atoms with Gasteiger partial charge < -0.3 is 0 Å². The van der Waals surface area contributed by atoms with Gasteiger partial charge in [0.25, 0.3) is 0 Å². The van der Waals surface area contributed by atoms with Gasteiger partial charge in [0, 0.05) is 12.1 Å². The average molecular weight is 426 g/mol. The molecule has 0 aromatic heterocycles. The molecule has 0 amide bonds. The lowest BCUT2D eigenvalue weighted by atomic mass is 9.99. The third-order valence-electron chi connectivity index (χ3n) is 4.34. The maximum Gasteiger partial charge on any atom is 0.247 e. The molecule has 0 radical (unpaired) electrons. The number of hydrazone groups is 1. The fraction of sp³-hybridized carbons (Fsp3) is 0.278. The third-order valence-corrected chi connectivity index (χ3v) is 6.66. The van der Waals surface area contributed by atoms with Crippen molar-refractivity contribution in [2.75, 3.05) is 16.7 Å². The number of nitrogens with one attached hydrogen (secondary N) is 1. The molecule has 10 heteroatoms. The highest BCUT2D eigenvalue weighted by Gasteiger charge is 2.34. The van der Waals surface area contributed by atoms with Crippen LogP contribution in [0, 0.1) is 5.82 Å². The first kappa shape index (κ1) is 20.3. The lowest BCUT2D eigenvalue weighted by Crippen LogP contribution is -2.25. The van der Waals surface area contributed by atoms with Gasteiger partial charge in [0.1, 0.15) is 5.82 Å². The van der Waals surface area contributed by atoms with E-state index in [-0.39, 0.29) is 5.75 Å². The second kappa shape index (κ2) is 7.51. The van der Waals surface area contributed by atoms with E-state index >= 15 is 0 Å². The molecule has 0 aliphatic carbocycles. The van der Waals surface area contributed by atoms with Crippen molar-refractivity contribution in [3.63, 3.8) is 0 Å². The normalized spacial score (nSPS) is 17.5. The van der Waals surface area contributed by atoms with E-state index in [1.807, 2.05) is 0 Å². The maximum atomic E-state index is 13.2. The zero-order chi connectivity index (χ0) is 20.5. The average Bonchev–Trinajstić information content (AvgIpc) is 3.08. The first-order valence-electron chi connectivity index (χ1n) is 8.52. The molecule has 2 aromatic rings. The van der Waals surface area contributed by atoms with Crippen molar-refractivity contribution in [1.29, 1.82) is 0 Å². The number of hydrogen-bond donors (Lipinski definition) is 1. The zero-order valence-electron chi connectivity index (χ0n) is 15.3. The molecule has 7 nitrogen and oxygen atoms in total. The Labute approximate surface area is 164 Å². The van der Waals surface area contributed by atoms with Crippen LogP contribution in [0.1, 0.15) is 30.5 Å². The van der Waals surface area contributed by atoms with Gasteiger partial charge in [0.2, 0.25) is 20.0 Å². The van der Waals surface area contributed by atoms with Gasteiger partial charge in [-0.3, -0.25) is 4.72 Å². The SMILES string of the molecule is CCS(=O)(=O)Nc1ccc(C2=NN(S(C)(=O)=O)C(c3ccc(F)cc3)C2)cc1. The van der Waals surface area contributed by atoms with Crippen LogP contribution in [0.2, 0.25) is 0 Å². The van der Waals surface area contributed by atoms with Gasteiger partial charge >= 0.3 is 0 Å². The zero-order valence-corrected chi connectivity index (χ0v) is 17.0. The second-order valence-corrected chi connectivity index (χ2v) is 10.3. The van der Waals surface area contributed by atoms with Crippen LogP contribution in [0.4, 0.5) is 10.1 Å². The summed E-state index contributed by atoms with van der Waals surface area (Å²) >= 11 is 0. The summed E-state index contributed by atoms with van der Waals surface area (Å²) < 4.78 is 64.3. The van der Waals surface area contributed by atoms with Gasteiger partial charge in [-0.1, -0.05) is 24.3 Å². The van der Waals surface area contributed by atoms with Crippen LogP contribution in [-0.2, 0) is 20.0 Å². The van der Waals surface area contributed by atoms with Gasteiger partial charge in [-0.05, 0) is 42.3 Å². The number of sulfonamides is 2. The van der Waals surface area contributed by atoms with Crippen molar-refractivity contribution in [2.24, 2.45) is 5.10 Å². The summed E-state index contributed by atoms with van der Waals surface area (Å²) in [4.78, 5) is 0. The Morgan fingerprint density at radius 1 is 1.07 bits per heavy atom. The quantitative estimate of drug-likeness (QED) is 0.770. The van der Waals surface area contributed by atoms with Crippen molar-refractivity contribution in [3.8, 4) is 0 Å². The summed E-state index contributed by atoms with van der Waals surface area (Å²) in [5, 5.41) is 4.26. The van der Waals surface area contributed by atoms with Gasteiger partial charge in [0.15, 0.2) is 0 Å². The van der Waals surface area contributed by atoms with E-state index in [0.717, 1.165) is 10.7 Å². The first-order chi connectivity index (χ1) is 13.1. The molecule has 1 N–H and O–H groups in total. The van der Waals surface area contributed by atoms with E-state index in [1.54, 1.807) is 43.3 Å². The lowest BCUT2D eigenvalue weighted by molar-refractivity contribution is 0.374. The lowest BCUT2D eigenvalue weighted by Gasteiger charge is -2.21. The summed E-state index contributed by atoms with van der Waals surface area (Å²) in [6.07, 6.45) is 1.39. The molecule has 150 valence electrons. The fourth-order valence-corrected chi connectivity index (χ4v) is 4.43. The van der Waals surface area contributed by atoms with Gasteiger partial charge in [-0.15, -0.1) is 0 Å². The van der Waals surface area contributed by atoms with Gasteiger partial charge in [-0.2, -0.15) is 9.52 Å². The summed E-state index contributed by atoms with van der Waals surface area (Å²) in [5.41, 5.74) is 2.28. The van der Waals surface area contributed by atoms with Crippen molar-refractivity contribution >= 4 is 31.4 Å². The Morgan fingerprint density at radius 2 is 1.68 bits per heavy atom. The molecule has 0 saturated heterocycles. The molecule has 3 rings (SSSR count). The fourth-order valence-electron chi connectivity index (χ4n) is 2.88. The molecule has 1 aliphatic rings. The van der Waals surface area contributed by atoms with Crippen LogP contribution in [0.25, 0.3) is 0 Å². The largest absolute Gasteiger partial charge is 0.284 e. The summed E-state index contributed by atoms with van der Waals surface area (Å²) in [6.45, 7) is 1.54. The Kier molecular flexibility index (Phi) is 5.44. The van der Waals surface area contributed by atoms with Crippen LogP contribution in [0.3, 0.4) is 0 Å². The molecule has 2 aromatic carbocycles. The molecule has 0 fully saturated rings. The number of nitrogens with zero attached hydrogens (tertiary/aromatic N) is 2. The Morgan fingerprint density at radius 3 is 2.21 bits per heavy atom. The molecular formula is C18H20FN3O4S2. The molecule has 1 unspecified atom stereocenters. The highest BCUT2D eigenvalue weighted by molar-refractivity contribution is 7.92. The number of hydrogen-bond acceptors (Lipinski definition) is 5. The predicted molar refractivity (Wildman–Crippen MR) is 107 cm³/mol. The highest BCUT2D eigenvalue weighted by atomic mass is 32.2. The Balaban J connectivity index is 1.89. The van der Waals surface area contributed by atoms with Gasteiger partial charge in [-0.25, -0.2) is 21.2 Å². The first-order valence-corrected chi connectivity index (χ1v) is 12.0. The number of halogens is 1. The summed E-state index contributed by atoms with van der Waals surface area (Å²) in [6, 6.07) is 11.6. The summed E-state index contributed by atoms with van der Waals surface area (Å²) in [5.74, 6) is -0.441. The molecule has 1 heterocycles. The Bertz CT molecular complexity index is 1100. The molecule has 0 saturated carbocycles. The number of anilines is 1. The number of benzene rings is 2. The van der Waals surface area contributed by atoms with E-state index in [9.17, 15) is 21.2 Å². The molecule has 0 bridgehead atoms. The van der Waals surface area contributed by atoms with E-state index < -0.39 is 31.9 Å².